The van der Waals surface area contributed by atoms with E-state index in [0.717, 1.165) is 11.3 Å². The molecular weight excluding hydrogens is 292 g/mol. The highest BCUT2D eigenvalue weighted by Crippen LogP contribution is 2.10. The number of carbonyl (C=O) groups excluding carboxylic acids is 1. The molecule has 23 heavy (non-hydrogen) atoms. The molecule has 3 rings (SSSR count). The predicted octanol–water partition coefficient (Wildman–Crippen LogP) is 2.41. The van der Waals surface area contributed by atoms with Crippen LogP contribution in [0.1, 0.15) is 34.4 Å². The molecule has 0 fully saturated rings. The summed E-state index contributed by atoms with van der Waals surface area (Å²) in [6.45, 7) is 2.92. The Hall–Kier alpha value is -2.89. The zero-order valence-electron chi connectivity index (χ0n) is 12.9. The van der Waals surface area contributed by atoms with Crippen LogP contribution in [-0.2, 0) is 19.5 Å². The lowest BCUT2D eigenvalue weighted by Crippen LogP contribution is -2.24. The van der Waals surface area contributed by atoms with Crippen molar-refractivity contribution in [2.45, 2.75) is 26.4 Å². The number of carbonyl (C=O) groups is 1. The molecule has 0 aliphatic heterocycles. The number of nitrogens with zero attached hydrogens (tertiary/aromatic N) is 3. The van der Waals surface area contributed by atoms with Crippen LogP contribution in [0.25, 0.3) is 0 Å². The minimum Gasteiger partial charge on any atom is -0.467 e. The molecule has 2 aromatic heterocycles. The fraction of sp³-hybridized carbons (Fsp3) is 0.235. The van der Waals surface area contributed by atoms with Crippen LogP contribution in [0, 0.1) is 0 Å². The summed E-state index contributed by atoms with van der Waals surface area (Å²) in [5, 5.41) is 11.0. The molecule has 0 aliphatic rings. The Bertz CT molecular complexity index is 763. The number of aromatic nitrogens is 3. The Labute approximate surface area is 134 Å². The molecule has 0 saturated heterocycles. The number of nitrogens with one attached hydrogen (secondary N) is 1. The van der Waals surface area contributed by atoms with Gasteiger partial charge in [-0.15, -0.1) is 5.10 Å². The largest absolute Gasteiger partial charge is 0.467 e. The van der Waals surface area contributed by atoms with E-state index in [2.05, 4.69) is 15.6 Å². The Morgan fingerprint density at radius 2 is 2.04 bits per heavy atom. The zero-order chi connectivity index (χ0) is 16.1. The summed E-state index contributed by atoms with van der Waals surface area (Å²) in [6, 6.07) is 13.6. The number of furan rings is 1. The molecule has 6 nitrogen and oxygen atoms in total. The first-order valence-electron chi connectivity index (χ1n) is 7.54. The second-order valence-electron chi connectivity index (χ2n) is 5.14. The van der Waals surface area contributed by atoms with E-state index in [1.807, 2.05) is 43.3 Å². The zero-order valence-corrected chi connectivity index (χ0v) is 12.9. The lowest BCUT2D eigenvalue weighted by molar-refractivity contribution is 0.0942. The van der Waals surface area contributed by atoms with Gasteiger partial charge in [-0.05, 0) is 24.1 Å². The van der Waals surface area contributed by atoms with Crippen LogP contribution in [0.3, 0.4) is 0 Å². The van der Waals surface area contributed by atoms with Crippen molar-refractivity contribution in [3.05, 3.63) is 71.4 Å². The first-order chi connectivity index (χ1) is 11.3. The number of amides is 1. The summed E-state index contributed by atoms with van der Waals surface area (Å²) in [7, 11) is 0. The minimum absolute atomic E-state index is 0.238. The Kier molecular flexibility index (Phi) is 4.52. The average molecular weight is 310 g/mol. The quantitative estimate of drug-likeness (QED) is 0.759. The van der Waals surface area contributed by atoms with Crippen molar-refractivity contribution in [1.82, 2.24) is 20.3 Å². The van der Waals surface area contributed by atoms with Crippen LogP contribution in [0.4, 0.5) is 0 Å². The van der Waals surface area contributed by atoms with E-state index in [1.54, 1.807) is 17.0 Å². The van der Waals surface area contributed by atoms with Gasteiger partial charge < -0.3 is 9.73 Å². The monoisotopic (exact) mass is 310 g/mol. The van der Waals surface area contributed by atoms with Gasteiger partial charge in [-0.25, -0.2) is 4.68 Å². The molecule has 118 valence electrons. The molecule has 1 aromatic carbocycles. The lowest BCUT2D eigenvalue weighted by Gasteiger charge is -2.06. The van der Waals surface area contributed by atoms with Crippen molar-refractivity contribution in [3.63, 3.8) is 0 Å². The van der Waals surface area contributed by atoms with Gasteiger partial charge in [-0.2, -0.15) is 0 Å². The fourth-order valence-electron chi connectivity index (χ4n) is 2.41. The molecule has 2 heterocycles. The lowest BCUT2D eigenvalue weighted by atomic mass is 10.2. The summed E-state index contributed by atoms with van der Waals surface area (Å²) in [6.07, 6.45) is 2.26. The van der Waals surface area contributed by atoms with Gasteiger partial charge in [-0.1, -0.05) is 42.5 Å². The standard InChI is InChI=1S/C17H18N4O2/c1-2-15-16(17(22)18-11-14-9-6-10-23-14)19-20-21(15)12-13-7-4-3-5-8-13/h3-10H,2,11-12H2,1H3,(H,18,22). The van der Waals surface area contributed by atoms with E-state index in [9.17, 15) is 4.79 Å². The van der Waals surface area contributed by atoms with Crippen LogP contribution in [0.15, 0.2) is 53.1 Å². The van der Waals surface area contributed by atoms with Crippen LogP contribution in [0.5, 0.6) is 0 Å². The number of hydrogen-bond acceptors (Lipinski definition) is 4. The smallest absolute Gasteiger partial charge is 0.274 e. The van der Waals surface area contributed by atoms with Crippen molar-refractivity contribution in [3.8, 4) is 0 Å². The van der Waals surface area contributed by atoms with Crippen molar-refractivity contribution in [2.24, 2.45) is 0 Å². The van der Waals surface area contributed by atoms with Crippen LogP contribution >= 0.6 is 0 Å². The minimum atomic E-state index is -0.238. The normalized spacial score (nSPS) is 10.7. The summed E-state index contributed by atoms with van der Waals surface area (Å²) in [5.41, 5.74) is 2.32. The fourth-order valence-corrected chi connectivity index (χ4v) is 2.41. The van der Waals surface area contributed by atoms with E-state index in [4.69, 9.17) is 4.42 Å². The third kappa shape index (κ3) is 3.48. The van der Waals surface area contributed by atoms with Crippen molar-refractivity contribution in [1.29, 1.82) is 0 Å². The van der Waals surface area contributed by atoms with Crippen LogP contribution in [-0.4, -0.2) is 20.9 Å². The van der Waals surface area contributed by atoms with Gasteiger partial charge in [0.15, 0.2) is 5.69 Å². The van der Waals surface area contributed by atoms with Crippen molar-refractivity contribution >= 4 is 5.91 Å². The molecule has 0 unspecified atom stereocenters. The van der Waals surface area contributed by atoms with Gasteiger partial charge in [0.2, 0.25) is 0 Å². The number of benzene rings is 1. The third-order valence-electron chi connectivity index (χ3n) is 3.57. The number of rotatable bonds is 6. The first kappa shape index (κ1) is 15.0. The topological polar surface area (TPSA) is 73.0 Å². The second-order valence-corrected chi connectivity index (χ2v) is 5.14. The van der Waals surface area contributed by atoms with Gasteiger partial charge >= 0.3 is 0 Å². The highest BCUT2D eigenvalue weighted by atomic mass is 16.3. The number of hydrogen-bond donors (Lipinski definition) is 1. The first-order valence-corrected chi connectivity index (χ1v) is 7.54. The van der Waals surface area contributed by atoms with E-state index in [1.165, 1.54) is 0 Å². The molecule has 6 heteroatoms. The van der Waals surface area contributed by atoms with Gasteiger partial charge in [0.1, 0.15) is 5.76 Å². The molecule has 0 spiro atoms. The molecule has 3 aromatic rings. The third-order valence-corrected chi connectivity index (χ3v) is 3.57. The maximum Gasteiger partial charge on any atom is 0.274 e. The summed E-state index contributed by atoms with van der Waals surface area (Å²) in [5.74, 6) is 0.464. The molecule has 1 amide bonds. The van der Waals surface area contributed by atoms with E-state index < -0.39 is 0 Å². The molecule has 0 saturated carbocycles. The van der Waals surface area contributed by atoms with E-state index in [-0.39, 0.29) is 5.91 Å². The molecule has 0 radical (unpaired) electrons. The Morgan fingerprint density at radius 3 is 2.74 bits per heavy atom. The molecule has 0 atom stereocenters. The summed E-state index contributed by atoms with van der Waals surface area (Å²) < 4.78 is 6.98. The van der Waals surface area contributed by atoms with E-state index >= 15 is 0 Å². The van der Waals surface area contributed by atoms with Gasteiger partial charge in [0, 0.05) is 0 Å². The van der Waals surface area contributed by atoms with Crippen LogP contribution < -0.4 is 5.32 Å². The highest BCUT2D eigenvalue weighted by Gasteiger charge is 2.18. The van der Waals surface area contributed by atoms with E-state index in [0.29, 0.717) is 31.0 Å². The van der Waals surface area contributed by atoms with Crippen LogP contribution in [0.2, 0.25) is 0 Å². The molecular formula is C17H18N4O2. The maximum absolute atomic E-state index is 12.3. The van der Waals surface area contributed by atoms with Gasteiger partial charge in [0.25, 0.3) is 5.91 Å². The Balaban J connectivity index is 1.73. The predicted molar refractivity (Wildman–Crippen MR) is 84.8 cm³/mol. The van der Waals surface area contributed by atoms with Gasteiger partial charge in [-0.3, -0.25) is 4.79 Å². The molecule has 0 aliphatic carbocycles. The molecule has 1 N–H and O–H groups in total. The highest BCUT2D eigenvalue weighted by molar-refractivity contribution is 5.93. The van der Waals surface area contributed by atoms with Gasteiger partial charge in [0.05, 0.1) is 25.0 Å². The van der Waals surface area contributed by atoms with Crippen molar-refractivity contribution < 1.29 is 9.21 Å². The Morgan fingerprint density at radius 1 is 1.22 bits per heavy atom. The summed E-state index contributed by atoms with van der Waals surface area (Å²) >= 11 is 0. The summed E-state index contributed by atoms with van der Waals surface area (Å²) in [4.78, 5) is 12.3. The SMILES string of the molecule is CCc1c(C(=O)NCc2ccco2)nnn1Cc1ccccc1. The van der Waals surface area contributed by atoms with Crippen molar-refractivity contribution in [2.75, 3.05) is 0 Å². The second kappa shape index (κ2) is 6.91. The maximum atomic E-state index is 12.3. The average Bonchev–Trinajstić information content (AvgIpc) is 3.23. The molecule has 0 bridgehead atoms.